The minimum absolute atomic E-state index is 0.150. The van der Waals surface area contributed by atoms with E-state index in [0.29, 0.717) is 19.3 Å². The summed E-state index contributed by atoms with van der Waals surface area (Å²) in [6, 6.07) is 0. The van der Waals surface area contributed by atoms with E-state index in [2.05, 4.69) is 0 Å². The van der Waals surface area contributed by atoms with Gasteiger partial charge in [0.2, 0.25) is 0 Å². The second kappa shape index (κ2) is 3.77. The Morgan fingerprint density at radius 2 is 2.07 bits per heavy atom. The van der Waals surface area contributed by atoms with Gasteiger partial charge in [0.1, 0.15) is 0 Å². The molecule has 4 nitrogen and oxygen atoms in total. The van der Waals surface area contributed by atoms with Crippen LogP contribution in [0.2, 0.25) is 0 Å². The Hall–Kier alpha value is -0.160. The quantitative estimate of drug-likeness (QED) is 0.495. The maximum Gasteiger partial charge on any atom is 0.0878 e. The molecule has 0 aromatic carbocycles. The van der Waals surface area contributed by atoms with E-state index < -0.39 is 17.3 Å². The Balaban J connectivity index is 2.63. The van der Waals surface area contributed by atoms with Crippen LogP contribution in [0.1, 0.15) is 33.1 Å². The van der Waals surface area contributed by atoms with Gasteiger partial charge in [-0.3, -0.25) is 0 Å². The summed E-state index contributed by atoms with van der Waals surface area (Å²) in [6.45, 7) is 2.85. The van der Waals surface area contributed by atoms with Crippen molar-refractivity contribution in [1.82, 2.24) is 0 Å². The van der Waals surface area contributed by atoms with Crippen LogP contribution in [-0.2, 0) is 0 Å². The number of aliphatic hydroxyl groups excluding tert-OH is 2. The van der Waals surface area contributed by atoms with E-state index in [4.69, 9.17) is 5.11 Å². The van der Waals surface area contributed by atoms with Crippen LogP contribution >= 0.6 is 0 Å². The standard InChI is InChI=1S/C10H20O4/c1-9(13)4-3-7(5-8(9)12)10(2,14)6-11/h7-8,11-14H,3-6H2,1-2H3/t7-,8+,9+,10+/m1/s1. The predicted octanol–water partition coefficient (Wildman–Crippen LogP) is -0.358. The fourth-order valence-electron chi connectivity index (χ4n) is 1.97. The van der Waals surface area contributed by atoms with Crippen molar-refractivity contribution < 1.29 is 20.4 Å². The average Bonchev–Trinajstić information content (AvgIpc) is 2.09. The zero-order valence-corrected chi connectivity index (χ0v) is 8.77. The van der Waals surface area contributed by atoms with Crippen LogP contribution in [0.25, 0.3) is 0 Å². The fourth-order valence-corrected chi connectivity index (χ4v) is 1.97. The predicted molar refractivity (Wildman–Crippen MR) is 51.7 cm³/mol. The molecule has 0 heterocycles. The van der Waals surface area contributed by atoms with Gasteiger partial charge < -0.3 is 20.4 Å². The number of rotatable bonds is 2. The molecule has 0 amide bonds. The highest BCUT2D eigenvalue weighted by molar-refractivity contribution is 4.95. The van der Waals surface area contributed by atoms with Crippen molar-refractivity contribution in [2.45, 2.75) is 50.4 Å². The molecule has 4 N–H and O–H groups in total. The van der Waals surface area contributed by atoms with E-state index in [1.165, 1.54) is 0 Å². The van der Waals surface area contributed by atoms with Gasteiger partial charge in [-0.2, -0.15) is 0 Å². The Morgan fingerprint density at radius 3 is 2.50 bits per heavy atom. The lowest BCUT2D eigenvalue weighted by atomic mass is 9.71. The molecule has 0 spiro atoms. The van der Waals surface area contributed by atoms with Crippen LogP contribution in [0.4, 0.5) is 0 Å². The summed E-state index contributed by atoms with van der Waals surface area (Å²) >= 11 is 0. The van der Waals surface area contributed by atoms with Crippen LogP contribution in [-0.4, -0.2) is 44.3 Å². The maximum atomic E-state index is 9.79. The third kappa shape index (κ3) is 2.25. The maximum absolute atomic E-state index is 9.79. The largest absolute Gasteiger partial charge is 0.393 e. The molecule has 0 saturated heterocycles. The third-order valence-corrected chi connectivity index (χ3v) is 3.42. The van der Waals surface area contributed by atoms with E-state index >= 15 is 0 Å². The molecule has 0 bridgehead atoms. The number of hydrogen-bond acceptors (Lipinski definition) is 4. The molecule has 84 valence electrons. The zero-order chi connectivity index (χ0) is 11.0. The van der Waals surface area contributed by atoms with Gasteiger partial charge in [0.05, 0.1) is 23.9 Å². The summed E-state index contributed by atoms with van der Waals surface area (Å²) in [7, 11) is 0. The van der Waals surface area contributed by atoms with Crippen molar-refractivity contribution in [3.05, 3.63) is 0 Å². The van der Waals surface area contributed by atoms with Crippen LogP contribution in [0.15, 0.2) is 0 Å². The van der Waals surface area contributed by atoms with E-state index in [1.54, 1.807) is 13.8 Å². The van der Waals surface area contributed by atoms with Gasteiger partial charge in [-0.1, -0.05) is 0 Å². The SMILES string of the molecule is C[C@](O)(CO)[C@@H]1CC[C@](C)(O)[C@@H](O)C1. The van der Waals surface area contributed by atoms with Crippen molar-refractivity contribution in [2.75, 3.05) is 6.61 Å². The molecule has 1 fully saturated rings. The molecule has 0 unspecified atom stereocenters. The molecule has 0 aliphatic heterocycles. The molecular formula is C10H20O4. The Bertz CT molecular complexity index is 200. The summed E-state index contributed by atoms with van der Waals surface area (Å²) in [5.74, 6) is -0.150. The molecule has 1 rings (SSSR count). The van der Waals surface area contributed by atoms with Gasteiger partial charge >= 0.3 is 0 Å². The Morgan fingerprint density at radius 1 is 1.50 bits per heavy atom. The lowest BCUT2D eigenvalue weighted by Crippen LogP contribution is -2.50. The normalized spacial score (nSPS) is 43.3. The Kier molecular flexibility index (Phi) is 3.21. The van der Waals surface area contributed by atoms with Crippen molar-refractivity contribution in [1.29, 1.82) is 0 Å². The van der Waals surface area contributed by atoms with Gasteiger partial charge in [-0.25, -0.2) is 0 Å². The van der Waals surface area contributed by atoms with E-state index in [-0.39, 0.29) is 12.5 Å². The lowest BCUT2D eigenvalue weighted by Gasteiger charge is -2.42. The molecule has 14 heavy (non-hydrogen) atoms. The molecule has 1 saturated carbocycles. The Labute approximate surface area is 84.2 Å². The number of hydrogen-bond donors (Lipinski definition) is 4. The topological polar surface area (TPSA) is 80.9 Å². The molecule has 0 radical (unpaired) electrons. The van der Waals surface area contributed by atoms with Gasteiger partial charge in [0, 0.05) is 0 Å². The number of aliphatic hydroxyl groups is 4. The van der Waals surface area contributed by atoms with Gasteiger partial charge in [0.15, 0.2) is 0 Å². The van der Waals surface area contributed by atoms with Crippen LogP contribution in [0, 0.1) is 5.92 Å². The molecule has 4 heteroatoms. The lowest BCUT2D eigenvalue weighted by molar-refractivity contribution is -0.139. The fraction of sp³-hybridized carbons (Fsp3) is 1.00. The summed E-state index contributed by atoms with van der Waals surface area (Å²) in [4.78, 5) is 0. The minimum atomic E-state index is -1.16. The van der Waals surface area contributed by atoms with Crippen molar-refractivity contribution >= 4 is 0 Å². The summed E-state index contributed by atoms with van der Waals surface area (Å²) in [6.07, 6.45) is 0.590. The smallest absolute Gasteiger partial charge is 0.0878 e. The first kappa shape index (κ1) is 11.9. The highest BCUT2D eigenvalue weighted by Crippen LogP contribution is 2.37. The minimum Gasteiger partial charge on any atom is -0.393 e. The molecule has 1 aliphatic rings. The third-order valence-electron chi connectivity index (χ3n) is 3.42. The van der Waals surface area contributed by atoms with Crippen molar-refractivity contribution in [3.8, 4) is 0 Å². The first-order valence-corrected chi connectivity index (χ1v) is 5.03. The highest BCUT2D eigenvalue weighted by atomic mass is 16.3. The highest BCUT2D eigenvalue weighted by Gasteiger charge is 2.43. The van der Waals surface area contributed by atoms with E-state index in [0.717, 1.165) is 0 Å². The summed E-state index contributed by atoms with van der Waals surface area (Å²) in [5.41, 5.74) is -2.21. The van der Waals surface area contributed by atoms with Crippen LogP contribution in [0.5, 0.6) is 0 Å². The van der Waals surface area contributed by atoms with Gasteiger partial charge in [-0.05, 0) is 39.0 Å². The van der Waals surface area contributed by atoms with Crippen LogP contribution in [0.3, 0.4) is 0 Å². The van der Waals surface area contributed by atoms with Crippen molar-refractivity contribution in [3.63, 3.8) is 0 Å². The van der Waals surface area contributed by atoms with Gasteiger partial charge in [0.25, 0.3) is 0 Å². The first-order valence-electron chi connectivity index (χ1n) is 5.03. The van der Waals surface area contributed by atoms with Crippen LogP contribution < -0.4 is 0 Å². The van der Waals surface area contributed by atoms with E-state index in [9.17, 15) is 15.3 Å². The monoisotopic (exact) mass is 204 g/mol. The molecule has 0 aromatic rings. The van der Waals surface area contributed by atoms with E-state index in [1.807, 2.05) is 0 Å². The van der Waals surface area contributed by atoms with Gasteiger partial charge in [-0.15, -0.1) is 0 Å². The first-order chi connectivity index (χ1) is 6.29. The summed E-state index contributed by atoms with van der Waals surface area (Å²) in [5, 5.41) is 38.1. The second-order valence-corrected chi connectivity index (χ2v) is 4.86. The molecular weight excluding hydrogens is 184 g/mol. The molecule has 4 atom stereocenters. The second-order valence-electron chi connectivity index (χ2n) is 4.86. The van der Waals surface area contributed by atoms with Crippen molar-refractivity contribution in [2.24, 2.45) is 5.92 Å². The molecule has 1 aliphatic carbocycles. The summed E-state index contributed by atoms with van der Waals surface area (Å²) < 4.78 is 0. The molecule has 0 aromatic heterocycles. The zero-order valence-electron chi connectivity index (χ0n) is 8.77. The average molecular weight is 204 g/mol.